The summed E-state index contributed by atoms with van der Waals surface area (Å²) in [5.74, 6) is -0.598. The Labute approximate surface area is 116 Å². The smallest absolute Gasteiger partial charge is 0.178 e. The Morgan fingerprint density at radius 3 is 2.40 bits per heavy atom. The molecule has 0 fully saturated rings. The fraction of sp³-hybridized carbons (Fsp3) is 0.125. The van der Waals surface area contributed by atoms with Crippen molar-refractivity contribution >= 4 is 12.0 Å². The minimum atomic E-state index is -0.389. The molecule has 0 spiro atoms. The largest absolute Gasteiger partial charge is 0.624 e. The van der Waals surface area contributed by atoms with Gasteiger partial charge in [-0.1, -0.05) is 30.3 Å². The molecule has 0 heterocycles. The third kappa shape index (κ3) is 4.02. The molecule has 0 aliphatic carbocycles. The summed E-state index contributed by atoms with van der Waals surface area (Å²) in [5, 5.41) is 11.7. The maximum atomic E-state index is 12.7. The molecule has 0 aliphatic heterocycles. The molecular formula is C16H14FNO2. The van der Waals surface area contributed by atoms with Gasteiger partial charge in [0.2, 0.25) is 0 Å². The summed E-state index contributed by atoms with van der Waals surface area (Å²) in [7, 11) is 0. The molecule has 0 unspecified atom stereocenters. The number of rotatable bonds is 5. The van der Waals surface area contributed by atoms with Crippen LogP contribution in [-0.4, -0.2) is 16.7 Å². The summed E-state index contributed by atoms with van der Waals surface area (Å²) in [6.07, 6.45) is 1.31. The van der Waals surface area contributed by atoms with E-state index in [1.165, 1.54) is 30.5 Å². The van der Waals surface area contributed by atoms with Crippen molar-refractivity contribution in [3.05, 3.63) is 76.7 Å². The molecule has 0 radical (unpaired) electrons. The molecule has 3 nitrogen and oxygen atoms in total. The van der Waals surface area contributed by atoms with Gasteiger partial charge in [0.05, 0.1) is 6.42 Å². The molecule has 0 bridgehead atoms. The standard InChI is InChI=1S/C16H14FNO2/c17-15-8-6-14(7-9-15)16(19)10-11-18(20)12-13-4-2-1-3-5-13/h1-9,11H,10,12H2/b18-11-. The van der Waals surface area contributed by atoms with Gasteiger partial charge in [0.25, 0.3) is 0 Å². The Kier molecular flexibility index (Phi) is 4.60. The number of hydrogen-bond donors (Lipinski definition) is 0. The highest BCUT2D eigenvalue weighted by molar-refractivity contribution is 6.02. The molecule has 0 saturated carbocycles. The summed E-state index contributed by atoms with van der Waals surface area (Å²) in [5.41, 5.74) is 1.28. The highest BCUT2D eigenvalue weighted by Gasteiger charge is 2.06. The topological polar surface area (TPSA) is 43.1 Å². The van der Waals surface area contributed by atoms with Crippen molar-refractivity contribution in [2.75, 3.05) is 0 Å². The molecule has 2 aromatic carbocycles. The molecule has 4 heteroatoms. The van der Waals surface area contributed by atoms with Gasteiger partial charge in [0.15, 0.2) is 18.5 Å². The Morgan fingerprint density at radius 1 is 1.10 bits per heavy atom. The van der Waals surface area contributed by atoms with E-state index in [-0.39, 0.29) is 24.6 Å². The van der Waals surface area contributed by atoms with Gasteiger partial charge in [-0.2, -0.15) is 0 Å². The second-order valence-electron chi connectivity index (χ2n) is 4.38. The lowest BCUT2D eigenvalue weighted by Crippen LogP contribution is -2.09. The van der Waals surface area contributed by atoms with Crippen molar-refractivity contribution in [3.63, 3.8) is 0 Å². The minimum Gasteiger partial charge on any atom is -0.624 e. The zero-order chi connectivity index (χ0) is 14.4. The van der Waals surface area contributed by atoms with E-state index in [0.29, 0.717) is 5.56 Å². The van der Waals surface area contributed by atoms with Gasteiger partial charge < -0.3 is 5.21 Å². The molecule has 20 heavy (non-hydrogen) atoms. The average molecular weight is 271 g/mol. The first-order valence-corrected chi connectivity index (χ1v) is 6.25. The van der Waals surface area contributed by atoms with E-state index in [2.05, 4.69) is 0 Å². The van der Waals surface area contributed by atoms with Gasteiger partial charge in [0.1, 0.15) is 5.82 Å². The zero-order valence-electron chi connectivity index (χ0n) is 10.8. The van der Waals surface area contributed by atoms with Crippen LogP contribution in [0.4, 0.5) is 4.39 Å². The molecule has 2 aromatic rings. The fourth-order valence-corrected chi connectivity index (χ4v) is 1.77. The van der Waals surface area contributed by atoms with Crippen LogP contribution in [0.15, 0.2) is 54.6 Å². The van der Waals surface area contributed by atoms with E-state index < -0.39 is 0 Å². The van der Waals surface area contributed by atoms with Crippen LogP contribution in [0.3, 0.4) is 0 Å². The van der Waals surface area contributed by atoms with Gasteiger partial charge in [0, 0.05) is 11.1 Å². The molecule has 0 amide bonds. The molecule has 0 N–H and O–H groups in total. The minimum absolute atomic E-state index is 0.00195. The summed E-state index contributed by atoms with van der Waals surface area (Å²) in [6.45, 7) is 0.206. The molecule has 0 saturated heterocycles. The number of carbonyl (C=O) groups excluding carboxylic acids is 1. The maximum absolute atomic E-state index is 12.7. The lowest BCUT2D eigenvalue weighted by molar-refractivity contribution is -0.470. The Balaban J connectivity index is 1.94. The van der Waals surface area contributed by atoms with E-state index in [1.54, 1.807) is 0 Å². The van der Waals surface area contributed by atoms with E-state index in [4.69, 9.17) is 0 Å². The second kappa shape index (κ2) is 6.61. The first-order chi connectivity index (χ1) is 9.65. The Morgan fingerprint density at radius 2 is 1.75 bits per heavy atom. The van der Waals surface area contributed by atoms with Gasteiger partial charge in [-0.05, 0) is 24.3 Å². The van der Waals surface area contributed by atoms with Crippen molar-refractivity contribution in [3.8, 4) is 0 Å². The van der Waals surface area contributed by atoms with Crippen molar-refractivity contribution in [2.24, 2.45) is 0 Å². The highest BCUT2D eigenvalue weighted by atomic mass is 19.1. The van der Waals surface area contributed by atoms with Crippen LogP contribution < -0.4 is 0 Å². The lowest BCUT2D eigenvalue weighted by Gasteiger charge is -2.04. The summed E-state index contributed by atoms with van der Waals surface area (Å²) >= 11 is 0. The number of carbonyl (C=O) groups is 1. The SMILES string of the molecule is O=C(C/C=[N+](\[O-])Cc1ccccc1)c1ccc(F)cc1. The van der Waals surface area contributed by atoms with Gasteiger partial charge in [-0.3, -0.25) is 4.79 Å². The number of hydroxylamine groups is 1. The van der Waals surface area contributed by atoms with E-state index >= 15 is 0 Å². The quantitative estimate of drug-likeness (QED) is 0.275. The van der Waals surface area contributed by atoms with E-state index in [1.807, 2.05) is 30.3 Å². The number of hydrogen-bond acceptors (Lipinski definition) is 2. The highest BCUT2D eigenvalue weighted by Crippen LogP contribution is 2.05. The van der Waals surface area contributed by atoms with Crippen molar-refractivity contribution < 1.29 is 13.9 Å². The monoisotopic (exact) mass is 271 g/mol. The normalized spacial score (nSPS) is 11.3. The molecule has 0 aromatic heterocycles. The Bertz CT molecular complexity index is 606. The third-order valence-electron chi connectivity index (χ3n) is 2.83. The summed E-state index contributed by atoms with van der Waals surface area (Å²) in [4.78, 5) is 11.8. The number of benzene rings is 2. The van der Waals surface area contributed by atoms with Crippen LogP contribution in [0.5, 0.6) is 0 Å². The van der Waals surface area contributed by atoms with Crippen LogP contribution in [0.1, 0.15) is 22.3 Å². The Hall–Kier alpha value is -2.49. The molecule has 0 aliphatic rings. The average Bonchev–Trinajstić information content (AvgIpc) is 2.46. The fourth-order valence-electron chi connectivity index (χ4n) is 1.77. The lowest BCUT2D eigenvalue weighted by atomic mass is 10.1. The molecule has 0 atom stereocenters. The van der Waals surface area contributed by atoms with Crippen LogP contribution >= 0.6 is 0 Å². The summed E-state index contributed by atoms with van der Waals surface area (Å²) in [6, 6.07) is 14.6. The third-order valence-corrected chi connectivity index (χ3v) is 2.83. The molecule has 102 valence electrons. The van der Waals surface area contributed by atoms with Crippen molar-refractivity contribution in [1.82, 2.24) is 0 Å². The number of nitrogens with zero attached hydrogens (tertiary/aromatic N) is 1. The van der Waals surface area contributed by atoms with E-state index in [0.717, 1.165) is 10.3 Å². The van der Waals surface area contributed by atoms with Crippen LogP contribution in [-0.2, 0) is 6.54 Å². The number of ketones is 1. The number of halogens is 1. The zero-order valence-corrected chi connectivity index (χ0v) is 10.8. The van der Waals surface area contributed by atoms with E-state index in [9.17, 15) is 14.4 Å². The van der Waals surface area contributed by atoms with Crippen molar-refractivity contribution in [1.29, 1.82) is 0 Å². The maximum Gasteiger partial charge on any atom is 0.178 e. The van der Waals surface area contributed by atoms with Crippen LogP contribution in [0, 0.1) is 11.0 Å². The predicted octanol–water partition coefficient (Wildman–Crippen LogP) is 3.18. The first kappa shape index (κ1) is 13.9. The molecular weight excluding hydrogens is 257 g/mol. The van der Waals surface area contributed by atoms with Crippen LogP contribution in [0.25, 0.3) is 0 Å². The first-order valence-electron chi connectivity index (χ1n) is 6.25. The van der Waals surface area contributed by atoms with Crippen molar-refractivity contribution in [2.45, 2.75) is 13.0 Å². The van der Waals surface area contributed by atoms with Gasteiger partial charge in [-0.15, -0.1) is 0 Å². The van der Waals surface area contributed by atoms with Crippen LogP contribution in [0.2, 0.25) is 0 Å². The summed E-state index contributed by atoms with van der Waals surface area (Å²) < 4.78 is 13.5. The number of Topliss-reactive ketones (excluding diaryl/α,β-unsaturated/α-hetero) is 1. The second-order valence-corrected chi connectivity index (χ2v) is 4.38. The molecule has 2 rings (SSSR count). The van der Waals surface area contributed by atoms with Gasteiger partial charge >= 0.3 is 0 Å². The predicted molar refractivity (Wildman–Crippen MR) is 75.2 cm³/mol. The van der Waals surface area contributed by atoms with Gasteiger partial charge in [-0.25, -0.2) is 9.13 Å².